The Morgan fingerprint density at radius 1 is 0.574 bits per heavy atom. The summed E-state index contributed by atoms with van der Waals surface area (Å²) in [5.41, 5.74) is 3.35. The third kappa shape index (κ3) is 10.8. The molecule has 310 valence electrons. The van der Waals surface area contributed by atoms with Crippen molar-refractivity contribution in [1.29, 1.82) is 0 Å². The van der Waals surface area contributed by atoms with E-state index < -0.39 is 11.7 Å². The number of benzene rings is 4. The van der Waals surface area contributed by atoms with E-state index in [1.165, 1.54) is 23.0 Å². The summed E-state index contributed by atoms with van der Waals surface area (Å²) < 4.78 is 65.3. The Kier molecular flexibility index (Phi) is 13.6. The Bertz CT molecular complexity index is 2650. The summed E-state index contributed by atoms with van der Waals surface area (Å²) in [5, 5.41) is 17.4. The van der Waals surface area contributed by atoms with Crippen LogP contribution in [0.3, 0.4) is 0 Å². The van der Waals surface area contributed by atoms with Crippen molar-refractivity contribution in [1.82, 2.24) is 49.9 Å². The van der Waals surface area contributed by atoms with Gasteiger partial charge in [-0.05, 0) is 74.5 Å². The SMILES string of the molecule is CCOCn1nnc(-c2cccc(C(F)(F)F)c2)c1-c1ccnc(Oc2ccccc2)n1.CCOCn1nnc(-c2ccnc(Oc3ccccc3)n2)c1-c1ccc(Cl)cc1. The molecular weight excluding hydrogens is 813 g/mol. The van der Waals surface area contributed by atoms with E-state index in [-0.39, 0.29) is 36.7 Å². The largest absolute Gasteiger partial charge is 0.424 e. The van der Waals surface area contributed by atoms with Gasteiger partial charge in [-0.15, -0.1) is 10.2 Å². The number of rotatable bonds is 14. The molecule has 61 heavy (non-hydrogen) atoms. The molecule has 0 spiro atoms. The topological polar surface area (TPSA) is 150 Å². The van der Waals surface area contributed by atoms with Gasteiger partial charge in [-0.3, -0.25) is 0 Å². The first-order chi connectivity index (χ1) is 29.7. The fourth-order valence-electron chi connectivity index (χ4n) is 5.75. The predicted octanol–water partition coefficient (Wildman–Crippen LogP) is 10.0. The fraction of sp³-hybridized carbons (Fsp3) is 0.163. The van der Waals surface area contributed by atoms with E-state index in [1.807, 2.05) is 86.6 Å². The molecule has 14 nitrogen and oxygen atoms in total. The maximum Gasteiger partial charge on any atom is 0.416 e. The van der Waals surface area contributed by atoms with E-state index in [9.17, 15) is 13.2 Å². The monoisotopic (exact) mass is 848 g/mol. The van der Waals surface area contributed by atoms with Crippen molar-refractivity contribution in [3.8, 4) is 68.8 Å². The normalized spacial score (nSPS) is 11.2. The van der Waals surface area contributed by atoms with Crippen molar-refractivity contribution in [2.24, 2.45) is 0 Å². The van der Waals surface area contributed by atoms with Crippen molar-refractivity contribution in [2.75, 3.05) is 13.2 Å². The minimum absolute atomic E-state index is 0.0523. The van der Waals surface area contributed by atoms with Crippen LogP contribution in [0, 0.1) is 0 Å². The van der Waals surface area contributed by atoms with Crippen LogP contribution in [0.4, 0.5) is 13.2 Å². The molecule has 0 unspecified atom stereocenters. The number of hydrogen-bond acceptors (Lipinski definition) is 12. The van der Waals surface area contributed by atoms with E-state index in [0.29, 0.717) is 52.5 Å². The lowest BCUT2D eigenvalue weighted by Gasteiger charge is -2.11. The summed E-state index contributed by atoms with van der Waals surface area (Å²) in [6.07, 6.45) is -1.36. The summed E-state index contributed by atoms with van der Waals surface area (Å²) in [6.45, 7) is 5.07. The molecule has 0 aliphatic rings. The van der Waals surface area contributed by atoms with Crippen LogP contribution in [-0.4, -0.2) is 63.1 Å². The number of hydrogen-bond donors (Lipinski definition) is 0. The van der Waals surface area contributed by atoms with Gasteiger partial charge in [0.15, 0.2) is 0 Å². The van der Waals surface area contributed by atoms with Crippen LogP contribution in [0.15, 0.2) is 134 Å². The molecule has 0 atom stereocenters. The Morgan fingerprint density at radius 2 is 1.11 bits per heavy atom. The van der Waals surface area contributed by atoms with Crippen LogP contribution >= 0.6 is 11.6 Å². The standard InChI is InChI=1S/C22H18F3N5O2.C21H18ClN5O2/c1-2-31-14-30-20(18-11-12-26-21(27-18)32-17-9-4-3-5-10-17)19(28-29-30)15-7-6-8-16(13-15)22(23,24)25;1-2-28-14-27-20(15-8-10-16(22)11-9-15)19(25-26-27)18-12-13-23-21(24-18)29-17-6-4-3-5-7-17/h3-13H,2,14H2,1H3;3-13H,2,14H2,1H3. The van der Waals surface area contributed by atoms with Crippen molar-refractivity contribution in [2.45, 2.75) is 33.5 Å². The second kappa shape index (κ2) is 19.8. The summed E-state index contributed by atoms with van der Waals surface area (Å²) in [6, 6.07) is 34.4. The molecule has 8 rings (SSSR count). The molecule has 18 heteroatoms. The molecule has 0 saturated carbocycles. The highest BCUT2D eigenvalue weighted by molar-refractivity contribution is 6.30. The lowest BCUT2D eigenvalue weighted by molar-refractivity contribution is -0.137. The van der Waals surface area contributed by atoms with Gasteiger partial charge in [-0.2, -0.15) is 23.1 Å². The van der Waals surface area contributed by atoms with Crippen LogP contribution < -0.4 is 9.47 Å². The first kappa shape index (κ1) is 42.1. The minimum atomic E-state index is -4.48. The van der Waals surface area contributed by atoms with Crippen LogP contribution in [-0.2, 0) is 29.1 Å². The van der Waals surface area contributed by atoms with Crippen molar-refractivity contribution in [3.05, 3.63) is 144 Å². The van der Waals surface area contributed by atoms with Gasteiger partial charge in [0.25, 0.3) is 0 Å². The zero-order valence-corrected chi connectivity index (χ0v) is 33.4. The van der Waals surface area contributed by atoms with Gasteiger partial charge in [0.05, 0.1) is 11.3 Å². The third-order valence-corrected chi connectivity index (χ3v) is 8.80. The average molecular weight is 849 g/mol. The zero-order valence-electron chi connectivity index (χ0n) is 32.6. The number of nitrogens with zero attached hydrogens (tertiary/aromatic N) is 10. The fourth-order valence-corrected chi connectivity index (χ4v) is 5.88. The molecule has 0 fully saturated rings. The molecule has 0 bridgehead atoms. The van der Waals surface area contributed by atoms with Gasteiger partial charge in [-0.25, -0.2) is 19.3 Å². The van der Waals surface area contributed by atoms with E-state index >= 15 is 0 Å². The second-order valence-corrected chi connectivity index (χ2v) is 13.1. The van der Waals surface area contributed by atoms with Crippen LogP contribution in [0.25, 0.3) is 45.3 Å². The zero-order chi connectivity index (χ0) is 42.6. The van der Waals surface area contributed by atoms with Crippen LogP contribution in [0.2, 0.25) is 5.02 Å². The van der Waals surface area contributed by atoms with Crippen molar-refractivity contribution in [3.63, 3.8) is 0 Å². The molecule has 8 aromatic rings. The molecule has 0 radical (unpaired) electrons. The first-order valence-corrected chi connectivity index (χ1v) is 19.2. The molecule has 0 saturated heterocycles. The predicted molar refractivity (Wildman–Crippen MR) is 219 cm³/mol. The second-order valence-electron chi connectivity index (χ2n) is 12.7. The molecule has 4 heterocycles. The maximum absolute atomic E-state index is 13.2. The van der Waals surface area contributed by atoms with E-state index in [0.717, 1.165) is 23.4 Å². The van der Waals surface area contributed by atoms with Gasteiger partial charge >= 0.3 is 18.2 Å². The summed E-state index contributed by atoms with van der Waals surface area (Å²) >= 11 is 6.05. The van der Waals surface area contributed by atoms with E-state index in [4.69, 9.17) is 30.5 Å². The van der Waals surface area contributed by atoms with Gasteiger partial charge in [0.2, 0.25) is 0 Å². The van der Waals surface area contributed by atoms with Gasteiger partial charge < -0.3 is 18.9 Å². The van der Waals surface area contributed by atoms with Crippen LogP contribution in [0.5, 0.6) is 23.5 Å². The molecule has 0 aliphatic heterocycles. The summed E-state index contributed by atoms with van der Waals surface area (Å²) in [5.74, 6) is 1.20. The lowest BCUT2D eigenvalue weighted by Crippen LogP contribution is -2.07. The Labute approximate surface area is 352 Å². The van der Waals surface area contributed by atoms with Gasteiger partial charge in [-0.1, -0.05) is 82.7 Å². The smallest absolute Gasteiger partial charge is 0.416 e. The number of halogens is 4. The van der Waals surface area contributed by atoms with E-state index in [1.54, 1.807) is 35.1 Å². The molecular formula is C43H36ClF3N10O4. The number of aromatic nitrogens is 10. The quantitative estimate of drug-likeness (QED) is 0.102. The highest BCUT2D eigenvalue weighted by Crippen LogP contribution is 2.36. The highest BCUT2D eigenvalue weighted by Gasteiger charge is 2.31. The van der Waals surface area contributed by atoms with Crippen molar-refractivity contribution < 1.29 is 32.1 Å². The Morgan fingerprint density at radius 3 is 1.69 bits per heavy atom. The third-order valence-electron chi connectivity index (χ3n) is 8.54. The first-order valence-electron chi connectivity index (χ1n) is 18.8. The summed E-state index contributed by atoms with van der Waals surface area (Å²) in [4.78, 5) is 17.3. The summed E-state index contributed by atoms with van der Waals surface area (Å²) in [7, 11) is 0. The molecule has 0 N–H and O–H groups in total. The molecule has 4 aromatic carbocycles. The molecule has 0 amide bonds. The number of alkyl halides is 3. The Balaban J connectivity index is 0.000000185. The highest BCUT2D eigenvalue weighted by atomic mass is 35.5. The Hall–Kier alpha value is -7.08. The van der Waals surface area contributed by atoms with Crippen LogP contribution in [0.1, 0.15) is 19.4 Å². The lowest BCUT2D eigenvalue weighted by atomic mass is 10.0. The van der Waals surface area contributed by atoms with Crippen molar-refractivity contribution >= 4 is 11.6 Å². The van der Waals surface area contributed by atoms with Gasteiger partial charge in [0, 0.05) is 41.8 Å². The molecule has 0 aliphatic carbocycles. The minimum Gasteiger partial charge on any atom is -0.424 e. The average Bonchev–Trinajstić information content (AvgIpc) is 3.91. The molecule has 4 aromatic heterocycles. The van der Waals surface area contributed by atoms with Gasteiger partial charge in [0.1, 0.15) is 53.4 Å². The number of para-hydroxylation sites is 2. The van der Waals surface area contributed by atoms with E-state index in [2.05, 4.69) is 40.6 Å². The number of ether oxygens (including phenoxy) is 4. The maximum atomic E-state index is 13.2.